The molecule has 1 fully saturated rings. The molecule has 1 heterocycles. The summed E-state index contributed by atoms with van der Waals surface area (Å²) in [4.78, 5) is 24.9. The second kappa shape index (κ2) is 7.11. The van der Waals surface area contributed by atoms with Crippen LogP contribution in [0, 0.1) is 0 Å². The minimum atomic E-state index is -0.930. The molecule has 1 saturated heterocycles. The molecule has 5 nitrogen and oxygen atoms in total. The van der Waals surface area contributed by atoms with Gasteiger partial charge in [-0.3, -0.25) is 4.79 Å². The first-order valence-electron chi connectivity index (χ1n) is 7.40. The largest absolute Gasteiger partial charge is 0.494 e. The number of likely N-dealkylation sites (tertiary alicyclic amines) is 1. The number of benzene rings is 1. The average molecular weight is 291 g/mol. The zero-order chi connectivity index (χ0) is 15.2. The van der Waals surface area contributed by atoms with Crippen LogP contribution in [0.15, 0.2) is 24.3 Å². The van der Waals surface area contributed by atoms with Gasteiger partial charge in [-0.2, -0.15) is 0 Å². The summed E-state index contributed by atoms with van der Waals surface area (Å²) in [5.74, 6) is -0.420. The van der Waals surface area contributed by atoms with Crippen molar-refractivity contribution >= 4 is 11.9 Å². The molecule has 0 saturated carbocycles. The summed E-state index contributed by atoms with van der Waals surface area (Å²) in [6.45, 7) is 3.27. The lowest BCUT2D eigenvalue weighted by atomic mass is 10.1. The summed E-state index contributed by atoms with van der Waals surface area (Å²) in [5, 5.41) is 9.13. The van der Waals surface area contributed by atoms with Crippen molar-refractivity contribution in [1.29, 1.82) is 0 Å². The van der Waals surface area contributed by atoms with Gasteiger partial charge in [0.25, 0.3) is 5.91 Å². The van der Waals surface area contributed by atoms with Crippen LogP contribution < -0.4 is 4.74 Å². The quantitative estimate of drug-likeness (QED) is 0.818. The maximum absolute atomic E-state index is 12.4. The Bertz CT molecular complexity index is 498. The molecule has 1 amide bonds. The van der Waals surface area contributed by atoms with Crippen LogP contribution in [0.4, 0.5) is 0 Å². The van der Waals surface area contributed by atoms with Crippen LogP contribution in [0.3, 0.4) is 0 Å². The van der Waals surface area contributed by atoms with Crippen molar-refractivity contribution in [1.82, 2.24) is 4.90 Å². The van der Waals surface area contributed by atoms with Crippen LogP contribution in [-0.2, 0) is 4.79 Å². The van der Waals surface area contributed by atoms with Gasteiger partial charge in [0.1, 0.15) is 11.8 Å². The van der Waals surface area contributed by atoms with Crippen LogP contribution in [-0.4, -0.2) is 41.1 Å². The van der Waals surface area contributed by atoms with Gasteiger partial charge in [0, 0.05) is 12.1 Å². The lowest BCUT2D eigenvalue weighted by molar-refractivity contribution is -0.141. The Kier molecular flexibility index (Phi) is 5.20. The highest BCUT2D eigenvalue weighted by Crippen LogP contribution is 2.21. The number of hydrogen-bond acceptors (Lipinski definition) is 3. The third-order valence-corrected chi connectivity index (χ3v) is 3.67. The van der Waals surface area contributed by atoms with E-state index in [1.165, 1.54) is 4.90 Å². The van der Waals surface area contributed by atoms with Gasteiger partial charge in [0.05, 0.1) is 6.61 Å². The summed E-state index contributed by atoms with van der Waals surface area (Å²) in [7, 11) is 0. The van der Waals surface area contributed by atoms with Crippen molar-refractivity contribution in [3.63, 3.8) is 0 Å². The first-order valence-corrected chi connectivity index (χ1v) is 7.40. The number of carbonyl (C=O) groups is 2. The number of carboxylic acids is 1. The molecule has 0 aliphatic carbocycles. The summed E-state index contributed by atoms with van der Waals surface area (Å²) < 4.78 is 5.55. The van der Waals surface area contributed by atoms with E-state index in [1.54, 1.807) is 24.3 Å². The van der Waals surface area contributed by atoms with Gasteiger partial charge in [0.15, 0.2) is 0 Å². The SMILES string of the molecule is CCCCOc1ccc(C(=O)N2CCC[C@H]2C(=O)O)cc1. The molecule has 0 unspecified atom stereocenters. The fourth-order valence-corrected chi connectivity index (χ4v) is 2.46. The maximum atomic E-state index is 12.4. The molecule has 2 rings (SSSR count). The topological polar surface area (TPSA) is 66.8 Å². The molecule has 5 heteroatoms. The standard InChI is InChI=1S/C16H21NO4/c1-2-3-11-21-13-8-6-12(7-9-13)15(18)17-10-4-5-14(17)16(19)20/h6-9,14H,2-5,10-11H2,1H3,(H,19,20)/t14-/m0/s1. The molecule has 0 radical (unpaired) electrons. The number of ether oxygens (including phenoxy) is 1. The molecule has 1 aliphatic heterocycles. The predicted molar refractivity (Wildman–Crippen MR) is 78.5 cm³/mol. The Balaban J connectivity index is 2.01. The number of aliphatic carboxylic acids is 1. The second-order valence-electron chi connectivity index (χ2n) is 5.22. The Hall–Kier alpha value is -2.04. The minimum absolute atomic E-state index is 0.222. The van der Waals surface area contributed by atoms with Crippen molar-refractivity contribution in [3.8, 4) is 5.75 Å². The number of amides is 1. The van der Waals surface area contributed by atoms with Crippen LogP contribution >= 0.6 is 0 Å². The molecule has 1 aliphatic rings. The molecule has 0 bridgehead atoms. The maximum Gasteiger partial charge on any atom is 0.326 e. The van der Waals surface area contributed by atoms with E-state index in [4.69, 9.17) is 9.84 Å². The molecule has 21 heavy (non-hydrogen) atoms. The van der Waals surface area contributed by atoms with Crippen LogP contribution in [0.5, 0.6) is 5.75 Å². The fraction of sp³-hybridized carbons (Fsp3) is 0.500. The molecule has 0 aromatic heterocycles. The van der Waals surface area contributed by atoms with Gasteiger partial charge in [-0.05, 0) is 43.5 Å². The van der Waals surface area contributed by atoms with Gasteiger partial charge in [0.2, 0.25) is 0 Å². The Morgan fingerprint density at radius 3 is 2.67 bits per heavy atom. The Labute approximate surface area is 124 Å². The number of carboxylic acid groups (broad SMARTS) is 1. The van der Waals surface area contributed by atoms with Crippen molar-refractivity contribution in [2.45, 2.75) is 38.6 Å². The van der Waals surface area contributed by atoms with Crippen molar-refractivity contribution < 1.29 is 19.4 Å². The highest BCUT2D eigenvalue weighted by Gasteiger charge is 2.34. The van der Waals surface area contributed by atoms with Crippen molar-refractivity contribution in [2.75, 3.05) is 13.2 Å². The summed E-state index contributed by atoms with van der Waals surface area (Å²) in [6.07, 6.45) is 3.33. The first kappa shape index (κ1) is 15.4. The van der Waals surface area contributed by atoms with E-state index in [9.17, 15) is 9.59 Å². The Morgan fingerprint density at radius 1 is 1.33 bits per heavy atom. The second-order valence-corrected chi connectivity index (χ2v) is 5.22. The van der Waals surface area contributed by atoms with Gasteiger partial charge >= 0.3 is 5.97 Å². The van der Waals surface area contributed by atoms with Crippen LogP contribution in [0.2, 0.25) is 0 Å². The monoisotopic (exact) mass is 291 g/mol. The van der Waals surface area contributed by atoms with Gasteiger partial charge < -0.3 is 14.7 Å². The lowest BCUT2D eigenvalue weighted by Gasteiger charge is -2.21. The smallest absolute Gasteiger partial charge is 0.326 e. The highest BCUT2D eigenvalue weighted by atomic mass is 16.5. The molecule has 1 aromatic rings. The van der Waals surface area contributed by atoms with Crippen LogP contribution in [0.25, 0.3) is 0 Å². The molecular formula is C16H21NO4. The predicted octanol–water partition coefficient (Wildman–Crippen LogP) is 2.55. The van der Waals surface area contributed by atoms with E-state index in [-0.39, 0.29) is 5.91 Å². The normalized spacial score (nSPS) is 17.8. The number of carbonyl (C=O) groups excluding carboxylic acids is 1. The van der Waals surface area contributed by atoms with E-state index < -0.39 is 12.0 Å². The minimum Gasteiger partial charge on any atom is -0.494 e. The van der Waals surface area contributed by atoms with E-state index in [1.807, 2.05) is 0 Å². The van der Waals surface area contributed by atoms with E-state index in [0.717, 1.165) is 25.0 Å². The number of nitrogens with zero attached hydrogens (tertiary/aromatic N) is 1. The molecule has 1 atom stereocenters. The number of hydrogen-bond donors (Lipinski definition) is 1. The first-order chi connectivity index (χ1) is 10.1. The van der Waals surface area contributed by atoms with E-state index in [2.05, 4.69) is 6.92 Å². The van der Waals surface area contributed by atoms with E-state index >= 15 is 0 Å². The van der Waals surface area contributed by atoms with Gasteiger partial charge in [-0.1, -0.05) is 13.3 Å². The van der Waals surface area contributed by atoms with Crippen LogP contribution in [0.1, 0.15) is 43.0 Å². The van der Waals surface area contributed by atoms with E-state index in [0.29, 0.717) is 25.1 Å². The highest BCUT2D eigenvalue weighted by molar-refractivity contribution is 5.97. The lowest BCUT2D eigenvalue weighted by Crippen LogP contribution is -2.40. The Morgan fingerprint density at radius 2 is 2.05 bits per heavy atom. The third kappa shape index (κ3) is 3.74. The molecule has 1 N–H and O–H groups in total. The van der Waals surface area contributed by atoms with Gasteiger partial charge in [-0.15, -0.1) is 0 Å². The van der Waals surface area contributed by atoms with Crippen molar-refractivity contribution in [2.24, 2.45) is 0 Å². The third-order valence-electron chi connectivity index (χ3n) is 3.67. The number of unbranched alkanes of at least 4 members (excludes halogenated alkanes) is 1. The zero-order valence-corrected chi connectivity index (χ0v) is 12.2. The average Bonchev–Trinajstić information content (AvgIpc) is 2.97. The van der Waals surface area contributed by atoms with Gasteiger partial charge in [-0.25, -0.2) is 4.79 Å². The molecule has 1 aromatic carbocycles. The summed E-state index contributed by atoms with van der Waals surface area (Å²) >= 11 is 0. The molecule has 114 valence electrons. The zero-order valence-electron chi connectivity index (χ0n) is 12.2. The van der Waals surface area contributed by atoms with Crippen molar-refractivity contribution in [3.05, 3.63) is 29.8 Å². The summed E-state index contributed by atoms with van der Waals surface area (Å²) in [6, 6.07) is 6.21. The molecular weight excluding hydrogens is 270 g/mol. The molecule has 0 spiro atoms. The summed E-state index contributed by atoms with van der Waals surface area (Å²) in [5.41, 5.74) is 0.506. The number of rotatable bonds is 6. The fourth-order valence-electron chi connectivity index (χ4n) is 2.46.